The average Bonchev–Trinajstić information content (AvgIpc) is 3.11. The Hall–Kier alpha value is -4.57. The number of benzene rings is 4. The van der Waals surface area contributed by atoms with Crippen molar-refractivity contribution in [3.63, 3.8) is 0 Å². The molecule has 0 amide bonds. The summed E-state index contributed by atoms with van der Waals surface area (Å²) in [5, 5.41) is 0. The normalized spacial score (nSPS) is 17.1. The molecule has 0 saturated carbocycles. The second-order valence-electron chi connectivity index (χ2n) is 19.7. The molecule has 11 heteroatoms. The number of fused-ring (bicyclic) bond motifs is 2. The topological polar surface area (TPSA) is 141 Å². The van der Waals surface area contributed by atoms with Crippen LogP contribution in [0.4, 0.5) is 5.69 Å². The molecule has 0 bridgehead atoms. The maximum absolute atomic E-state index is 13.3. The van der Waals surface area contributed by atoms with E-state index < -0.39 is 25.3 Å². The van der Waals surface area contributed by atoms with E-state index in [1.54, 1.807) is 25.1 Å². The molecule has 1 N–H and O–H groups in total. The van der Waals surface area contributed by atoms with Crippen molar-refractivity contribution < 1.29 is 36.0 Å². The van der Waals surface area contributed by atoms with Gasteiger partial charge in [0.2, 0.25) is 0 Å². The number of hydrogen-bond donors (Lipinski definition) is 1. The number of Topliss-reactive ketones (excluding diaryl/α,β-unsaturated/α-hetero) is 1. The summed E-state index contributed by atoms with van der Waals surface area (Å²) < 4.78 is 61.6. The summed E-state index contributed by atoms with van der Waals surface area (Å²) in [6.07, 6.45) is 3.20. The summed E-state index contributed by atoms with van der Waals surface area (Å²) in [7, 11) is -7.16. The van der Waals surface area contributed by atoms with Crippen molar-refractivity contribution in [1.82, 2.24) is 0 Å². The maximum atomic E-state index is 13.3. The second-order valence-corrected chi connectivity index (χ2v) is 23.3. The zero-order valence-corrected chi connectivity index (χ0v) is 39.5. The SMILES string of the molecule is CC(=O)C(C)(C)c1ccc(NS(=O)(=O)c2cc3c(cc2C)C(C)(C)CCC3(C)C)cc1.Cc1ccc(CS(=O)(=O)c2cc(C)c3c(c2)C(C)(C)CC(C)(C)O3)cc1.O=C=O. The van der Waals surface area contributed by atoms with Gasteiger partial charge >= 0.3 is 6.15 Å². The number of hydrogen-bond acceptors (Lipinski definition) is 8. The van der Waals surface area contributed by atoms with Gasteiger partial charge < -0.3 is 4.74 Å². The number of rotatable bonds is 8. The highest BCUT2D eigenvalue weighted by Gasteiger charge is 2.41. The van der Waals surface area contributed by atoms with Crippen LogP contribution in [0.15, 0.2) is 82.6 Å². The first kappa shape index (κ1) is 48.1. The number of anilines is 1. The molecule has 9 nitrogen and oxygen atoms in total. The van der Waals surface area contributed by atoms with Crippen LogP contribution in [0.2, 0.25) is 0 Å². The van der Waals surface area contributed by atoms with Gasteiger partial charge in [0.1, 0.15) is 17.1 Å². The molecule has 0 spiro atoms. The molecule has 324 valence electrons. The number of sulfone groups is 1. The first-order chi connectivity index (χ1) is 27.4. The van der Waals surface area contributed by atoms with Crippen LogP contribution in [-0.2, 0) is 61.7 Å². The quantitative estimate of drug-likeness (QED) is 0.185. The van der Waals surface area contributed by atoms with E-state index in [2.05, 4.69) is 66.2 Å². The number of carbonyl (C=O) groups is 1. The molecule has 4 aromatic carbocycles. The van der Waals surface area contributed by atoms with Crippen molar-refractivity contribution in [2.45, 2.75) is 159 Å². The molecule has 1 heterocycles. The van der Waals surface area contributed by atoms with Crippen molar-refractivity contribution in [1.29, 1.82) is 0 Å². The van der Waals surface area contributed by atoms with Gasteiger partial charge in [0, 0.05) is 16.7 Å². The maximum Gasteiger partial charge on any atom is 0.373 e. The minimum Gasteiger partial charge on any atom is -0.487 e. The van der Waals surface area contributed by atoms with Gasteiger partial charge in [-0.1, -0.05) is 89.6 Å². The molecular formula is C49H63NO8S2. The van der Waals surface area contributed by atoms with Crippen LogP contribution in [-0.4, -0.2) is 34.4 Å². The van der Waals surface area contributed by atoms with Gasteiger partial charge in [-0.05, 0) is 155 Å². The Kier molecular flexibility index (Phi) is 13.7. The monoisotopic (exact) mass is 857 g/mol. The Bertz CT molecular complexity index is 2500. The predicted octanol–water partition coefficient (Wildman–Crippen LogP) is 10.5. The van der Waals surface area contributed by atoms with Crippen molar-refractivity contribution in [3.8, 4) is 5.75 Å². The van der Waals surface area contributed by atoms with Crippen molar-refractivity contribution in [3.05, 3.63) is 117 Å². The van der Waals surface area contributed by atoms with Gasteiger partial charge in [-0.15, -0.1) is 0 Å². The van der Waals surface area contributed by atoms with Gasteiger partial charge in [-0.25, -0.2) is 16.8 Å². The molecule has 1 aliphatic carbocycles. The lowest BCUT2D eigenvalue weighted by atomic mass is 9.63. The molecule has 2 aliphatic rings. The highest BCUT2D eigenvalue weighted by molar-refractivity contribution is 7.92. The zero-order chi connectivity index (χ0) is 45.4. The van der Waals surface area contributed by atoms with E-state index in [4.69, 9.17) is 14.3 Å². The third-order valence-electron chi connectivity index (χ3n) is 12.2. The largest absolute Gasteiger partial charge is 0.487 e. The summed E-state index contributed by atoms with van der Waals surface area (Å²) >= 11 is 0. The molecule has 0 radical (unpaired) electrons. The number of sulfonamides is 1. The molecule has 0 atom stereocenters. The minimum atomic E-state index is -3.75. The van der Waals surface area contributed by atoms with Gasteiger partial charge in [0.05, 0.1) is 15.5 Å². The van der Waals surface area contributed by atoms with Crippen LogP contribution < -0.4 is 9.46 Å². The minimum absolute atomic E-state index is 0.0122. The molecule has 0 fully saturated rings. The van der Waals surface area contributed by atoms with E-state index in [1.165, 1.54) is 5.56 Å². The van der Waals surface area contributed by atoms with Gasteiger partial charge in [-0.2, -0.15) is 9.59 Å². The Labute approximate surface area is 358 Å². The third-order valence-corrected chi connectivity index (χ3v) is 15.4. The lowest BCUT2D eigenvalue weighted by Crippen LogP contribution is -2.41. The van der Waals surface area contributed by atoms with Gasteiger partial charge in [-0.3, -0.25) is 9.52 Å². The molecule has 4 aromatic rings. The van der Waals surface area contributed by atoms with Crippen molar-refractivity contribution in [2.75, 3.05) is 4.72 Å². The van der Waals surface area contributed by atoms with Gasteiger partial charge in [0.25, 0.3) is 10.0 Å². The molecule has 0 saturated heterocycles. The second kappa shape index (κ2) is 17.1. The van der Waals surface area contributed by atoms with Crippen LogP contribution >= 0.6 is 0 Å². The van der Waals surface area contributed by atoms with Crippen LogP contribution in [0.5, 0.6) is 5.75 Å². The number of nitrogens with one attached hydrogen (secondary N) is 1. The van der Waals surface area contributed by atoms with E-state index in [1.807, 2.05) is 83.1 Å². The predicted molar refractivity (Wildman–Crippen MR) is 238 cm³/mol. The Morgan fingerprint density at radius 1 is 0.717 bits per heavy atom. The molecule has 60 heavy (non-hydrogen) atoms. The first-order valence-electron chi connectivity index (χ1n) is 20.3. The summed E-state index contributed by atoms with van der Waals surface area (Å²) in [4.78, 5) is 28.9. The number of ether oxygens (including phenoxy) is 1. The Balaban J connectivity index is 0.000000252. The summed E-state index contributed by atoms with van der Waals surface area (Å²) in [6, 6.07) is 22.2. The van der Waals surface area contributed by atoms with Crippen molar-refractivity contribution >= 4 is 37.5 Å². The fourth-order valence-corrected chi connectivity index (χ4v) is 11.1. The fourth-order valence-electron chi connectivity index (χ4n) is 8.38. The standard InChI is InChI=1S/C26H35NO3S.C22H28O3S.CO2/c1-17-15-21-22(25(5,6)14-13-24(21,3)4)16-23(17)31(29,30)27-20-11-9-19(10-12-20)26(7,8)18(2)28;1-15-7-9-17(10-8-15)13-26(23,24)18-11-16(2)20-19(12-18)21(3,4)14-22(5,6)25-20;2-1-3/h9-12,15-16,27H,13-14H2,1-8H3;7-12H,13-14H2,1-6H3;. The van der Waals surface area contributed by atoms with E-state index in [9.17, 15) is 21.6 Å². The highest BCUT2D eigenvalue weighted by atomic mass is 32.2. The lowest BCUT2D eigenvalue weighted by Gasteiger charge is -2.43. The number of carbonyl (C=O) groups excluding carboxylic acids is 3. The molecular weight excluding hydrogens is 795 g/mol. The Morgan fingerprint density at radius 2 is 1.23 bits per heavy atom. The molecule has 6 rings (SSSR count). The molecule has 1 aliphatic heterocycles. The summed E-state index contributed by atoms with van der Waals surface area (Å²) in [5.41, 5.74) is 7.22. The highest BCUT2D eigenvalue weighted by Crippen LogP contribution is 2.48. The number of aryl methyl sites for hydroxylation is 3. The van der Waals surface area contributed by atoms with Crippen LogP contribution in [0.3, 0.4) is 0 Å². The summed E-state index contributed by atoms with van der Waals surface area (Å²) in [5.74, 6) is 0.912. The van der Waals surface area contributed by atoms with Crippen LogP contribution in [0.25, 0.3) is 0 Å². The summed E-state index contributed by atoms with van der Waals surface area (Å²) in [6.45, 7) is 28.4. The first-order valence-corrected chi connectivity index (χ1v) is 23.4. The Morgan fingerprint density at radius 3 is 1.75 bits per heavy atom. The van der Waals surface area contributed by atoms with E-state index in [0.717, 1.165) is 64.0 Å². The van der Waals surface area contributed by atoms with Gasteiger partial charge in [0.15, 0.2) is 9.84 Å². The zero-order valence-electron chi connectivity index (χ0n) is 37.8. The lowest BCUT2D eigenvalue weighted by molar-refractivity contribution is -0.191. The number of ketones is 1. The van der Waals surface area contributed by atoms with E-state index in [-0.39, 0.29) is 39.5 Å². The van der Waals surface area contributed by atoms with Crippen molar-refractivity contribution in [2.24, 2.45) is 0 Å². The van der Waals surface area contributed by atoms with Crippen LogP contribution in [0.1, 0.15) is 140 Å². The van der Waals surface area contributed by atoms with E-state index >= 15 is 0 Å². The molecule has 0 aromatic heterocycles. The fraction of sp³-hybridized carbons (Fsp3) is 0.469. The van der Waals surface area contributed by atoms with E-state index in [0.29, 0.717) is 15.5 Å². The van der Waals surface area contributed by atoms with Crippen LogP contribution in [0, 0.1) is 20.8 Å². The molecule has 0 unspecified atom stereocenters. The smallest absolute Gasteiger partial charge is 0.373 e. The third kappa shape index (κ3) is 10.7. The average molecular weight is 858 g/mol.